The fourth-order valence-electron chi connectivity index (χ4n) is 3.20. The molecule has 2 aliphatic rings. The minimum Gasteiger partial charge on any atom is -0.316 e. The zero-order valence-electron chi connectivity index (χ0n) is 14.5. The number of nitrogens with two attached hydrogens (primary N) is 1. The molecule has 4 amide bonds. The van der Waals surface area contributed by atoms with Crippen molar-refractivity contribution in [3.05, 3.63) is 35.9 Å². The number of piperidine rings is 1. The van der Waals surface area contributed by atoms with Crippen molar-refractivity contribution >= 4 is 28.2 Å². The van der Waals surface area contributed by atoms with Crippen molar-refractivity contribution < 1.29 is 31.6 Å². The van der Waals surface area contributed by atoms with Gasteiger partial charge in [0.05, 0.1) is 6.04 Å². The van der Waals surface area contributed by atoms with Gasteiger partial charge in [-0.25, -0.2) is 4.79 Å². The van der Waals surface area contributed by atoms with Crippen LogP contribution in [-0.4, -0.2) is 59.4 Å². The van der Waals surface area contributed by atoms with Gasteiger partial charge in [-0.15, -0.1) is 4.28 Å². The second-order valence-electron chi connectivity index (χ2n) is 6.38. The Bertz CT molecular complexity index is 878. The molecule has 2 saturated heterocycles. The average Bonchev–Trinajstić information content (AvgIpc) is 2.89. The van der Waals surface area contributed by atoms with Crippen molar-refractivity contribution in [2.24, 2.45) is 5.73 Å². The van der Waals surface area contributed by atoms with Gasteiger partial charge in [-0.3, -0.25) is 25.0 Å². The number of hydrazine groups is 1. The van der Waals surface area contributed by atoms with Gasteiger partial charge in [-0.05, 0) is 18.4 Å². The smallest absolute Gasteiger partial charge is 0.316 e. The molecule has 12 nitrogen and oxygen atoms in total. The van der Waals surface area contributed by atoms with E-state index in [1.165, 1.54) is 0 Å². The van der Waals surface area contributed by atoms with Crippen LogP contribution in [0.1, 0.15) is 24.4 Å². The first-order valence-electron chi connectivity index (χ1n) is 8.34. The fraction of sp³-hybridized carbons (Fsp3) is 0.400. The number of fused-ring (bicyclic) bond motifs is 2. The van der Waals surface area contributed by atoms with E-state index >= 15 is 0 Å². The molecular weight excluding hydrogens is 394 g/mol. The molecule has 5 N–H and O–H groups in total. The highest BCUT2D eigenvalue weighted by Crippen LogP contribution is 2.30. The third-order valence-corrected chi connectivity index (χ3v) is 4.90. The quantitative estimate of drug-likeness (QED) is 0.346. The highest BCUT2D eigenvalue weighted by Gasteiger charge is 2.49. The van der Waals surface area contributed by atoms with Gasteiger partial charge in [0.2, 0.25) is 0 Å². The van der Waals surface area contributed by atoms with E-state index in [-0.39, 0.29) is 19.4 Å². The summed E-state index contributed by atoms with van der Waals surface area (Å²) in [6.07, 6.45) is 0.488. The Kier molecular flexibility index (Phi) is 5.51. The van der Waals surface area contributed by atoms with Crippen LogP contribution in [0.5, 0.6) is 0 Å². The van der Waals surface area contributed by atoms with Crippen molar-refractivity contribution in [1.82, 2.24) is 20.8 Å². The molecule has 0 spiro atoms. The van der Waals surface area contributed by atoms with Crippen LogP contribution < -0.4 is 16.6 Å². The van der Waals surface area contributed by atoms with Gasteiger partial charge >= 0.3 is 16.4 Å². The van der Waals surface area contributed by atoms with Gasteiger partial charge < -0.3 is 10.6 Å². The number of rotatable bonds is 5. The van der Waals surface area contributed by atoms with Crippen LogP contribution >= 0.6 is 0 Å². The monoisotopic (exact) mass is 413 g/mol. The van der Waals surface area contributed by atoms with Crippen molar-refractivity contribution in [3.63, 3.8) is 0 Å². The zero-order valence-corrected chi connectivity index (χ0v) is 15.3. The largest absolute Gasteiger partial charge is 0.418 e. The first kappa shape index (κ1) is 20.0. The Morgan fingerprint density at radius 3 is 2.54 bits per heavy atom. The third-order valence-electron chi connectivity index (χ3n) is 4.55. The maximum Gasteiger partial charge on any atom is 0.418 e. The van der Waals surface area contributed by atoms with E-state index in [1.807, 2.05) is 0 Å². The summed E-state index contributed by atoms with van der Waals surface area (Å²) in [4.78, 5) is 37.9. The van der Waals surface area contributed by atoms with Crippen LogP contribution in [0.4, 0.5) is 4.79 Å². The summed E-state index contributed by atoms with van der Waals surface area (Å²) < 4.78 is 34.8. The Morgan fingerprint density at radius 2 is 1.89 bits per heavy atom. The summed E-state index contributed by atoms with van der Waals surface area (Å²) >= 11 is 0. The molecule has 2 heterocycles. The normalized spacial score (nSPS) is 22.7. The number of urea groups is 1. The predicted molar refractivity (Wildman–Crippen MR) is 93.0 cm³/mol. The first-order valence-corrected chi connectivity index (χ1v) is 9.71. The summed E-state index contributed by atoms with van der Waals surface area (Å²) in [5.74, 6) is -1.30. The highest BCUT2D eigenvalue weighted by atomic mass is 32.3. The van der Waals surface area contributed by atoms with Gasteiger partial charge in [-0.1, -0.05) is 30.3 Å². The SMILES string of the molecule is NC(C(=O)NNC(=O)C1CCC2CN1C(=O)N2OS(=O)(=O)O)c1ccccc1. The number of hydroxylamine groups is 2. The molecule has 28 heavy (non-hydrogen) atoms. The van der Waals surface area contributed by atoms with Crippen molar-refractivity contribution in [3.8, 4) is 0 Å². The van der Waals surface area contributed by atoms with E-state index in [0.29, 0.717) is 10.6 Å². The molecule has 1 aromatic carbocycles. The molecule has 0 saturated carbocycles. The van der Waals surface area contributed by atoms with Crippen LogP contribution in [0.3, 0.4) is 0 Å². The van der Waals surface area contributed by atoms with E-state index in [0.717, 1.165) is 4.90 Å². The van der Waals surface area contributed by atoms with Crippen molar-refractivity contribution in [2.75, 3.05) is 6.54 Å². The molecule has 2 bridgehead atoms. The standard InChI is InChI=1S/C15H19N5O7S/c16-12(9-4-2-1-3-5-9)14(22)18-17-13(21)11-7-6-10-8-19(11)15(23)20(10)27-28(24,25)26/h1-5,10-12H,6-8,16H2,(H,17,21)(H,18,22)(H,24,25,26). The predicted octanol–water partition coefficient (Wildman–Crippen LogP) is -1.16. The van der Waals surface area contributed by atoms with E-state index in [4.69, 9.17) is 10.3 Å². The van der Waals surface area contributed by atoms with Crippen LogP contribution in [0.2, 0.25) is 0 Å². The number of amides is 4. The summed E-state index contributed by atoms with van der Waals surface area (Å²) in [5.41, 5.74) is 10.8. The maximum atomic E-state index is 12.4. The molecule has 13 heteroatoms. The van der Waals surface area contributed by atoms with Crippen molar-refractivity contribution in [2.45, 2.75) is 31.0 Å². The molecule has 3 rings (SSSR count). The number of carbonyl (C=O) groups is 3. The Labute approximate surface area is 160 Å². The molecule has 0 radical (unpaired) electrons. The molecule has 1 aromatic rings. The maximum absolute atomic E-state index is 12.4. The second-order valence-corrected chi connectivity index (χ2v) is 7.38. The third kappa shape index (κ3) is 4.22. The molecular formula is C15H19N5O7S. The van der Waals surface area contributed by atoms with Crippen LogP contribution in [-0.2, 0) is 24.3 Å². The Hall–Kier alpha value is -2.74. The van der Waals surface area contributed by atoms with E-state index < -0.39 is 46.4 Å². The summed E-state index contributed by atoms with van der Waals surface area (Å²) in [6, 6.07) is 5.13. The molecule has 3 atom stereocenters. The number of benzene rings is 1. The molecule has 2 fully saturated rings. The van der Waals surface area contributed by atoms with Crippen LogP contribution in [0.15, 0.2) is 30.3 Å². The number of nitrogens with zero attached hydrogens (tertiary/aromatic N) is 2. The lowest BCUT2D eigenvalue weighted by molar-refractivity contribution is -0.132. The highest BCUT2D eigenvalue weighted by molar-refractivity contribution is 7.80. The Balaban J connectivity index is 1.58. The van der Waals surface area contributed by atoms with Crippen LogP contribution in [0, 0.1) is 0 Å². The van der Waals surface area contributed by atoms with Gasteiger partial charge in [0, 0.05) is 6.54 Å². The van der Waals surface area contributed by atoms with Gasteiger partial charge in [0.1, 0.15) is 12.1 Å². The number of nitrogens with one attached hydrogen (secondary N) is 2. The second kappa shape index (κ2) is 7.71. The fourth-order valence-corrected chi connectivity index (χ4v) is 3.59. The minimum atomic E-state index is -4.87. The molecule has 2 aliphatic heterocycles. The van der Waals surface area contributed by atoms with E-state index in [1.54, 1.807) is 30.3 Å². The average molecular weight is 413 g/mol. The molecule has 0 aliphatic carbocycles. The van der Waals surface area contributed by atoms with Crippen molar-refractivity contribution in [1.29, 1.82) is 0 Å². The summed E-state index contributed by atoms with van der Waals surface area (Å²) in [6.45, 7) is 0.0456. The lowest BCUT2D eigenvalue weighted by Crippen LogP contribution is -2.55. The van der Waals surface area contributed by atoms with Gasteiger partial charge in [0.25, 0.3) is 11.8 Å². The van der Waals surface area contributed by atoms with E-state index in [2.05, 4.69) is 15.1 Å². The molecule has 3 unspecified atom stereocenters. The molecule has 0 aromatic heterocycles. The lowest BCUT2D eigenvalue weighted by atomic mass is 10.0. The summed E-state index contributed by atoms with van der Waals surface area (Å²) in [5, 5.41) is 0.534. The Morgan fingerprint density at radius 1 is 1.21 bits per heavy atom. The number of hydrogen-bond donors (Lipinski definition) is 4. The van der Waals surface area contributed by atoms with Crippen LogP contribution in [0.25, 0.3) is 0 Å². The zero-order chi connectivity index (χ0) is 20.5. The number of hydrogen-bond acceptors (Lipinski definition) is 7. The number of carbonyl (C=O) groups excluding carboxylic acids is 3. The first-order chi connectivity index (χ1) is 13.2. The molecule has 152 valence electrons. The topological polar surface area (TPSA) is 171 Å². The lowest BCUT2D eigenvalue weighted by Gasteiger charge is -2.29. The van der Waals surface area contributed by atoms with Gasteiger partial charge in [0.15, 0.2) is 0 Å². The van der Waals surface area contributed by atoms with Gasteiger partial charge in [-0.2, -0.15) is 13.5 Å². The minimum absolute atomic E-state index is 0.0456. The van der Waals surface area contributed by atoms with E-state index in [9.17, 15) is 22.8 Å². The summed E-state index contributed by atoms with van der Waals surface area (Å²) in [7, 11) is -4.87.